The lowest BCUT2D eigenvalue weighted by Gasteiger charge is -2.19. The Morgan fingerprint density at radius 2 is 1.23 bits per heavy atom. The fraction of sp³-hybridized carbons (Fsp3) is 0.250. The Kier molecular flexibility index (Phi) is 11.8. The van der Waals surface area contributed by atoms with Crippen LogP contribution in [0.1, 0.15) is 50.9 Å². The predicted molar refractivity (Wildman–Crippen MR) is 228 cm³/mol. The van der Waals surface area contributed by atoms with Gasteiger partial charge in [0.25, 0.3) is 0 Å². The van der Waals surface area contributed by atoms with Crippen LogP contribution in [0.2, 0.25) is 0 Å². The number of anilines is 3. The summed E-state index contributed by atoms with van der Waals surface area (Å²) in [6, 6.07) is 38.0. The van der Waals surface area contributed by atoms with E-state index in [2.05, 4.69) is 112 Å². The zero-order valence-electron chi connectivity index (χ0n) is 33.6. The number of amides is 2. The Morgan fingerprint density at radius 3 is 1.73 bits per heavy atom. The second-order valence-corrected chi connectivity index (χ2v) is 14.3. The highest BCUT2D eigenvalue weighted by Crippen LogP contribution is 2.31. The standard InChI is InChI=1S/C24H23N5O.C18H16N8O2.C2H6/c1-28(16-17-6-3-2-4-7-17)20-14-12-18(13-15-20)21-8-5-9-22-25-24(27-29(21)22)26-23(30)19-10-11-19;27-17(12-4-5-12)20-18-19-16-3-1-2-14(26(16)23-18)11-6-8-13(9-7-11)28-10-15-21-24-25-22-15;1-2/h2-9,12-15,19H,10-11,16H2,1H3,(H,26,27,30);1-3,6-9,12H,4-5,10H2,(H,20,23,27)(H,21,22,24,25);1-2H3. The Labute approximate surface area is 346 Å². The molecule has 8 aromatic rings. The predicted octanol–water partition coefficient (Wildman–Crippen LogP) is 7.24. The number of aromatic nitrogens is 10. The van der Waals surface area contributed by atoms with Crippen molar-refractivity contribution in [2.45, 2.75) is 52.7 Å². The maximum Gasteiger partial charge on any atom is 0.249 e. The summed E-state index contributed by atoms with van der Waals surface area (Å²) in [5.74, 6) is 2.08. The molecule has 0 bridgehead atoms. The zero-order valence-corrected chi connectivity index (χ0v) is 33.6. The minimum absolute atomic E-state index is 0.0123. The normalized spacial score (nSPS) is 13.1. The average Bonchev–Trinajstić information content (AvgIpc) is 4.19. The van der Waals surface area contributed by atoms with E-state index in [1.165, 1.54) is 5.56 Å². The number of nitrogens with one attached hydrogen (secondary N) is 3. The molecule has 0 spiro atoms. The van der Waals surface area contributed by atoms with E-state index in [-0.39, 0.29) is 30.3 Å². The third-order valence-corrected chi connectivity index (χ3v) is 9.86. The number of ether oxygens (including phenoxy) is 1. The van der Waals surface area contributed by atoms with Gasteiger partial charge in [0.2, 0.25) is 29.5 Å². The van der Waals surface area contributed by atoms with Crippen LogP contribution in [0.4, 0.5) is 17.6 Å². The summed E-state index contributed by atoms with van der Waals surface area (Å²) >= 11 is 0. The van der Waals surface area contributed by atoms with Gasteiger partial charge in [0.1, 0.15) is 5.75 Å². The van der Waals surface area contributed by atoms with Crippen LogP contribution in [-0.2, 0) is 22.7 Å². The van der Waals surface area contributed by atoms with Crippen LogP contribution in [-0.4, -0.2) is 68.7 Å². The molecule has 2 saturated carbocycles. The summed E-state index contributed by atoms with van der Waals surface area (Å²) in [4.78, 5) is 35.1. The van der Waals surface area contributed by atoms with Gasteiger partial charge in [0, 0.05) is 42.2 Å². The summed E-state index contributed by atoms with van der Waals surface area (Å²) in [5.41, 5.74) is 7.59. The lowest BCUT2D eigenvalue weighted by atomic mass is 10.1. The summed E-state index contributed by atoms with van der Waals surface area (Å²) in [5, 5.41) is 28.2. The number of H-pyrrole nitrogens is 1. The van der Waals surface area contributed by atoms with Crippen molar-refractivity contribution in [3.63, 3.8) is 0 Å². The van der Waals surface area contributed by atoms with Crippen molar-refractivity contribution in [1.82, 2.24) is 49.8 Å². The monoisotopic (exact) mass is 803 g/mol. The van der Waals surface area contributed by atoms with E-state index in [1.807, 2.05) is 80.6 Å². The Bertz CT molecular complexity index is 2670. The van der Waals surface area contributed by atoms with Crippen LogP contribution >= 0.6 is 0 Å². The molecule has 16 nitrogen and oxygen atoms in total. The summed E-state index contributed by atoms with van der Waals surface area (Å²) in [7, 11) is 2.09. The Balaban J connectivity index is 0.000000160. The molecule has 60 heavy (non-hydrogen) atoms. The van der Waals surface area contributed by atoms with E-state index in [0.717, 1.165) is 60.4 Å². The number of nitrogens with zero attached hydrogens (tertiary/aromatic N) is 10. The topological polar surface area (TPSA) is 186 Å². The van der Waals surface area contributed by atoms with Gasteiger partial charge in [0.05, 0.1) is 11.4 Å². The molecule has 0 unspecified atom stereocenters. The van der Waals surface area contributed by atoms with Crippen LogP contribution < -0.4 is 20.3 Å². The molecule has 2 fully saturated rings. The summed E-state index contributed by atoms with van der Waals surface area (Å²) in [6.45, 7) is 5.08. The molecule has 5 heterocycles. The molecule has 16 heteroatoms. The molecule has 3 aromatic carbocycles. The van der Waals surface area contributed by atoms with Crippen LogP contribution in [0.5, 0.6) is 5.75 Å². The van der Waals surface area contributed by atoms with Crippen molar-refractivity contribution in [2.24, 2.45) is 11.8 Å². The van der Waals surface area contributed by atoms with E-state index < -0.39 is 0 Å². The molecule has 5 aromatic heterocycles. The summed E-state index contributed by atoms with van der Waals surface area (Å²) in [6.07, 6.45) is 3.78. The van der Waals surface area contributed by atoms with Crippen molar-refractivity contribution >= 4 is 40.7 Å². The number of pyridine rings is 2. The quantitative estimate of drug-likeness (QED) is 0.113. The Morgan fingerprint density at radius 1 is 0.700 bits per heavy atom. The smallest absolute Gasteiger partial charge is 0.249 e. The number of aromatic amines is 1. The Hall–Kier alpha value is -7.49. The number of carbonyl (C=O) groups excluding carboxylic acids is 2. The fourth-order valence-electron chi connectivity index (χ4n) is 6.42. The first-order chi connectivity index (χ1) is 29.4. The van der Waals surface area contributed by atoms with Crippen LogP contribution in [0, 0.1) is 11.8 Å². The van der Waals surface area contributed by atoms with Crippen LogP contribution in [0.25, 0.3) is 33.8 Å². The average molecular weight is 804 g/mol. The minimum Gasteiger partial charge on any atom is -0.485 e. The SMILES string of the molecule is CC.CN(Cc1ccccc1)c1ccc(-c2cccc3nc(NC(=O)C4CC4)nn23)cc1.O=C(Nc1nc2cccc(-c3ccc(OCc4nn[nH]n4)cc3)n2n1)C1CC1. The van der Waals surface area contributed by atoms with Gasteiger partial charge in [-0.15, -0.1) is 20.4 Å². The van der Waals surface area contributed by atoms with Gasteiger partial charge in [-0.1, -0.05) is 73.7 Å². The van der Waals surface area contributed by atoms with Gasteiger partial charge in [0.15, 0.2) is 17.9 Å². The largest absolute Gasteiger partial charge is 0.485 e. The maximum absolute atomic E-state index is 12.0. The number of carbonyl (C=O) groups is 2. The molecular weight excluding hydrogens is 759 g/mol. The van der Waals surface area contributed by atoms with Gasteiger partial charge < -0.3 is 9.64 Å². The third kappa shape index (κ3) is 9.44. The molecule has 0 atom stereocenters. The van der Waals surface area contributed by atoms with Gasteiger partial charge in [-0.05, 0) is 91.9 Å². The van der Waals surface area contributed by atoms with Gasteiger partial charge in [-0.3, -0.25) is 20.2 Å². The molecule has 304 valence electrons. The first-order valence-electron chi connectivity index (χ1n) is 20.1. The fourth-order valence-corrected chi connectivity index (χ4v) is 6.42. The molecular formula is C44H45N13O3. The molecule has 2 aliphatic rings. The van der Waals surface area contributed by atoms with E-state index in [1.54, 1.807) is 9.03 Å². The lowest BCUT2D eigenvalue weighted by Crippen LogP contribution is -2.16. The van der Waals surface area contributed by atoms with Crippen LogP contribution in [0.15, 0.2) is 115 Å². The van der Waals surface area contributed by atoms with E-state index in [9.17, 15) is 9.59 Å². The molecule has 0 saturated heterocycles. The number of rotatable bonds is 12. The number of fused-ring (bicyclic) bond motifs is 2. The minimum atomic E-state index is -0.0134. The van der Waals surface area contributed by atoms with Crippen LogP contribution in [0.3, 0.4) is 0 Å². The number of hydrogen-bond donors (Lipinski definition) is 3. The first-order valence-corrected chi connectivity index (χ1v) is 20.1. The molecule has 0 aliphatic heterocycles. The lowest BCUT2D eigenvalue weighted by molar-refractivity contribution is -0.118. The molecule has 10 rings (SSSR count). The van der Waals surface area contributed by atoms with E-state index >= 15 is 0 Å². The van der Waals surface area contributed by atoms with Crippen molar-refractivity contribution in [3.8, 4) is 28.3 Å². The molecule has 2 aliphatic carbocycles. The number of benzene rings is 3. The second kappa shape index (κ2) is 18.0. The van der Waals surface area contributed by atoms with E-state index in [0.29, 0.717) is 34.8 Å². The summed E-state index contributed by atoms with van der Waals surface area (Å²) < 4.78 is 9.14. The zero-order chi connectivity index (χ0) is 41.4. The van der Waals surface area contributed by atoms with Gasteiger partial charge in [-0.25, -0.2) is 9.03 Å². The highest BCUT2D eigenvalue weighted by Gasteiger charge is 2.31. The van der Waals surface area contributed by atoms with Crippen molar-refractivity contribution in [3.05, 3.63) is 127 Å². The number of hydrogen-bond acceptors (Lipinski definition) is 11. The van der Waals surface area contributed by atoms with Crippen molar-refractivity contribution < 1.29 is 14.3 Å². The van der Waals surface area contributed by atoms with E-state index in [4.69, 9.17) is 4.74 Å². The molecule has 0 radical (unpaired) electrons. The second-order valence-electron chi connectivity index (χ2n) is 14.3. The van der Waals surface area contributed by atoms with Gasteiger partial charge >= 0.3 is 0 Å². The maximum atomic E-state index is 12.0. The van der Waals surface area contributed by atoms with Gasteiger partial charge in [-0.2, -0.15) is 15.2 Å². The highest BCUT2D eigenvalue weighted by atomic mass is 16.5. The first kappa shape index (κ1) is 39.3. The van der Waals surface area contributed by atoms with Crippen molar-refractivity contribution in [1.29, 1.82) is 0 Å². The number of tetrazole rings is 1. The highest BCUT2D eigenvalue weighted by molar-refractivity contribution is 5.93. The molecule has 3 N–H and O–H groups in total. The molecule has 2 amide bonds. The van der Waals surface area contributed by atoms with Crippen molar-refractivity contribution in [2.75, 3.05) is 22.6 Å². The third-order valence-electron chi connectivity index (χ3n) is 9.86.